The quantitative estimate of drug-likeness (QED) is 0.151. The third-order valence-electron chi connectivity index (χ3n) is 18.5. The largest absolute Gasteiger partial charge is 0.497 e. The van der Waals surface area contributed by atoms with Crippen LogP contribution >= 0.6 is 0 Å². The van der Waals surface area contributed by atoms with Crippen molar-refractivity contribution < 1.29 is 4.74 Å². The molecule has 0 unspecified atom stereocenters. The van der Waals surface area contributed by atoms with Gasteiger partial charge in [-0.25, -0.2) is 0 Å². The van der Waals surface area contributed by atoms with Crippen LogP contribution < -0.4 is 4.74 Å². The highest BCUT2D eigenvalue weighted by Gasteiger charge is 2.38. The Morgan fingerprint density at radius 2 is 0.463 bits per heavy atom. The van der Waals surface area contributed by atoms with Crippen LogP contribution in [-0.4, -0.2) is 7.11 Å². The lowest BCUT2D eigenvalue weighted by molar-refractivity contribution is 0.415. The molecule has 0 heterocycles. The van der Waals surface area contributed by atoms with Crippen molar-refractivity contribution in [3.8, 4) is 83.6 Å². The maximum Gasteiger partial charge on any atom is 0.118 e. The molecule has 0 fully saturated rings. The van der Waals surface area contributed by atoms with E-state index in [4.69, 9.17) is 4.74 Å². The first-order valence-corrected chi connectivity index (χ1v) is 28.2. The van der Waals surface area contributed by atoms with Gasteiger partial charge < -0.3 is 4.74 Å². The van der Waals surface area contributed by atoms with E-state index in [2.05, 4.69) is 276 Å². The van der Waals surface area contributed by atoms with Gasteiger partial charge in [-0.3, -0.25) is 0 Å². The summed E-state index contributed by atoms with van der Waals surface area (Å²) in [7, 11) is 1.73. The summed E-state index contributed by atoms with van der Waals surface area (Å²) in [6.07, 6.45) is 0. The summed E-state index contributed by atoms with van der Waals surface area (Å²) in [5.41, 5.74) is 23.0. The van der Waals surface area contributed by atoms with Crippen LogP contribution in [0.5, 0.6) is 5.75 Å². The van der Waals surface area contributed by atoms with Gasteiger partial charge in [0.1, 0.15) is 5.75 Å². The monoisotopic (exact) mass is 1020 g/mol. The molecular formula is C79H56O. The maximum absolute atomic E-state index is 5.57. The van der Waals surface area contributed by atoms with Crippen molar-refractivity contribution in [1.82, 2.24) is 0 Å². The number of ether oxygens (including phenoxy) is 1. The number of hydrogen-bond donors (Lipinski definition) is 0. The highest BCUT2D eigenvalue weighted by atomic mass is 16.5. The molecule has 0 radical (unpaired) electrons. The van der Waals surface area contributed by atoms with E-state index in [-0.39, 0.29) is 10.8 Å². The predicted molar refractivity (Wildman–Crippen MR) is 340 cm³/mol. The van der Waals surface area contributed by atoms with E-state index in [9.17, 15) is 0 Å². The average molecular weight is 1020 g/mol. The van der Waals surface area contributed by atoms with Crippen LogP contribution in [0.1, 0.15) is 49.9 Å². The molecule has 0 spiro atoms. The smallest absolute Gasteiger partial charge is 0.118 e. The minimum absolute atomic E-state index is 0.103. The molecule has 14 aromatic carbocycles. The van der Waals surface area contributed by atoms with Crippen molar-refractivity contribution >= 4 is 64.6 Å². The Morgan fingerprint density at radius 1 is 0.225 bits per heavy atom. The molecule has 0 amide bonds. The number of fused-ring (bicyclic) bond motifs is 12. The van der Waals surface area contributed by atoms with Crippen molar-refractivity contribution in [2.45, 2.75) is 38.5 Å². The fourth-order valence-corrected chi connectivity index (χ4v) is 14.8. The van der Waals surface area contributed by atoms with E-state index in [1.165, 1.54) is 165 Å². The van der Waals surface area contributed by atoms with Crippen LogP contribution in [0.4, 0.5) is 0 Å². The highest BCUT2D eigenvalue weighted by Crippen LogP contribution is 2.56. The van der Waals surface area contributed by atoms with Crippen LogP contribution in [0.2, 0.25) is 0 Å². The van der Waals surface area contributed by atoms with Gasteiger partial charge in [0.2, 0.25) is 0 Å². The molecule has 2 aliphatic rings. The molecule has 1 nitrogen and oxygen atoms in total. The number of rotatable bonds is 6. The fraction of sp³-hybridized carbons (Fsp3) is 0.0886. The molecule has 0 aliphatic heterocycles. The Labute approximate surface area is 467 Å². The molecule has 14 aromatic rings. The Balaban J connectivity index is 0.859. The molecule has 1 heteroatoms. The molecule has 0 saturated heterocycles. The molecule has 0 saturated carbocycles. The first-order valence-electron chi connectivity index (χ1n) is 28.2. The van der Waals surface area contributed by atoms with Gasteiger partial charge >= 0.3 is 0 Å². The summed E-state index contributed by atoms with van der Waals surface area (Å²) in [5, 5.41) is 15.1. The number of methoxy groups -OCH3 is 1. The zero-order chi connectivity index (χ0) is 53.6. The van der Waals surface area contributed by atoms with E-state index < -0.39 is 0 Å². The Morgan fingerprint density at radius 3 is 0.775 bits per heavy atom. The van der Waals surface area contributed by atoms with Crippen molar-refractivity contribution in [2.24, 2.45) is 0 Å². The lowest BCUT2D eigenvalue weighted by Crippen LogP contribution is -2.15. The maximum atomic E-state index is 5.57. The van der Waals surface area contributed by atoms with Crippen molar-refractivity contribution in [3.05, 3.63) is 271 Å². The van der Waals surface area contributed by atoms with E-state index in [1.807, 2.05) is 0 Å². The topological polar surface area (TPSA) is 9.23 Å². The van der Waals surface area contributed by atoms with E-state index in [0.29, 0.717) is 0 Å². The Bertz CT molecular complexity index is 4800. The molecule has 0 atom stereocenters. The van der Waals surface area contributed by atoms with Gasteiger partial charge in [0.05, 0.1) is 7.11 Å². The standard InChI is InChI=1S/C79H56O/c1-78(2)68-33-19-18-20-52(68)53-41-36-48(44-69(53)78)74-60-25-10-14-29-64(60)76(65-30-15-11-26-61(65)74)77-66-31-16-12-27-62(66)75(63-28-13-17-32-67(63)77)50-38-43-55-54-42-37-49(45-70(54)79(3,4)71(55)46-50)73-58-23-8-6-21-56(58)72(57-22-7-9-24-59(57)73)47-34-39-51(80-5)40-35-47/h6-46H,1-5H3. The Kier molecular flexibility index (Phi) is 10.0. The molecule has 80 heavy (non-hydrogen) atoms. The predicted octanol–water partition coefficient (Wildman–Crippen LogP) is 21.6. The van der Waals surface area contributed by atoms with Crippen molar-refractivity contribution in [2.75, 3.05) is 7.11 Å². The summed E-state index contributed by atoms with van der Waals surface area (Å²) in [6.45, 7) is 9.62. The van der Waals surface area contributed by atoms with Crippen LogP contribution in [0.3, 0.4) is 0 Å². The van der Waals surface area contributed by atoms with Crippen LogP contribution in [-0.2, 0) is 10.8 Å². The lowest BCUT2D eigenvalue weighted by atomic mass is 9.78. The van der Waals surface area contributed by atoms with E-state index in [1.54, 1.807) is 7.11 Å². The second-order valence-corrected chi connectivity index (χ2v) is 23.3. The summed E-state index contributed by atoms with van der Waals surface area (Å²) in [6, 6.07) is 93.8. The summed E-state index contributed by atoms with van der Waals surface area (Å²) < 4.78 is 5.57. The summed E-state index contributed by atoms with van der Waals surface area (Å²) in [5.74, 6) is 0.857. The third kappa shape index (κ3) is 6.52. The first-order chi connectivity index (χ1) is 39.2. The van der Waals surface area contributed by atoms with Gasteiger partial charge in [0, 0.05) is 10.8 Å². The molecular weight excluding hydrogens is 965 g/mol. The fourth-order valence-electron chi connectivity index (χ4n) is 14.8. The molecule has 16 rings (SSSR count). The average Bonchev–Trinajstić information content (AvgIpc) is 3.92. The van der Waals surface area contributed by atoms with E-state index >= 15 is 0 Å². The first kappa shape index (κ1) is 46.5. The van der Waals surface area contributed by atoms with Crippen LogP contribution in [0.25, 0.3) is 143 Å². The molecule has 2 aliphatic carbocycles. The molecule has 0 aromatic heterocycles. The SMILES string of the molecule is COc1ccc(-c2c3ccccc3c(-c3ccc4c(c3)C(C)(C)c3cc(-c5c6ccccc6c(-c6c7ccccc7c(-c7ccc8c(c7)C(C)(C)c7ccccc7-8)c7ccccc67)c6ccccc56)ccc3-4)c3ccccc23)cc1. The molecule has 378 valence electrons. The van der Waals surface area contributed by atoms with Crippen molar-refractivity contribution in [3.63, 3.8) is 0 Å². The minimum atomic E-state index is -0.269. The highest BCUT2D eigenvalue weighted by molar-refractivity contribution is 6.30. The van der Waals surface area contributed by atoms with Crippen molar-refractivity contribution in [1.29, 1.82) is 0 Å². The van der Waals surface area contributed by atoms with Gasteiger partial charge in [-0.05, 0) is 195 Å². The lowest BCUT2D eigenvalue weighted by Gasteiger charge is -2.25. The van der Waals surface area contributed by atoms with Gasteiger partial charge in [0.15, 0.2) is 0 Å². The second kappa shape index (κ2) is 17.2. The summed E-state index contributed by atoms with van der Waals surface area (Å²) >= 11 is 0. The van der Waals surface area contributed by atoms with Gasteiger partial charge in [-0.15, -0.1) is 0 Å². The summed E-state index contributed by atoms with van der Waals surface area (Å²) in [4.78, 5) is 0. The van der Waals surface area contributed by atoms with E-state index in [0.717, 1.165) is 5.75 Å². The van der Waals surface area contributed by atoms with Gasteiger partial charge in [-0.2, -0.15) is 0 Å². The molecule has 0 bridgehead atoms. The minimum Gasteiger partial charge on any atom is -0.497 e. The molecule has 0 N–H and O–H groups in total. The second-order valence-electron chi connectivity index (χ2n) is 23.3. The number of hydrogen-bond acceptors (Lipinski definition) is 1. The van der Waals surface area contributed by atoms with Gasteiger partial charge in [-0.1, -0.05) is 246 Å². The third-order valence-corrected chi connectivity index (χ3v) is 18.5. The van der Waals surface area contributed by atoms with Gasteiger partial charge in [0.25, 0.3) is 0 Å². The zero-order valence-corrected chi connectivity index (χ0v) is 45.6. The number of benzene rings is 14. The van der Waals surface area contributed by atoms with Crippen LogP contribution in [0, 0.1) is 0 Å². The Hall–Kier alpha value is -9.56. The normalized spacial score (nSPS) is 13.8. The van der Waals surface area contributed by atoms with Crippen LogP contribution in [0.15, 0.2) is 249 Å². The zero-order valence-electron chi connectivity index (χ0n) is 45.6.